The highest BCUT2D eigenvalue weighted by Gasteiger charge is 2.28. The first-order valence-electron chi connectivity index (χ1n) is 9.69. The predicted molar refractivity (Wildman–Crippen MR) is 127 cm³/mol. The molecule has 162 valence electrons. The van der Waals surface area contributed by atoms with Crippen molar-refractivity contribution in [2.45, 2.75) is 38.6 Å². The zero-order valence-electron chi connectivity index (χ0n) is 17.0. The molecule has 0 heterocycles. The van der Waals surface area contributed by atoms with Gasteiger partial charge in [0.05, 0.1) is 5.75 Å². The minimum Gasteiger partial charge on any atom is -0.355 e. The van der Waals surface area contributed by atoms with Crippen molar-refractivity contribution in [3.05, 3.63) is 68.7 Å². The molecular weight excluding hydrogens is 463 g/mol. The number of nitrogens with one attached hydrogen (secondary N) is 1. The monoisotopic (exact) mass is 486 g/mol. The lowest BCUT2D eigenvalue weighted by Crippen LogP contribution is -2.49. The average molecular weight is 488 g/mol. The zero-order chi connectivity index (χ0) is 22.1. The quantitative estimate of drug-likeness (QED) is 0.459. The number of hydrogen-bond donors (Lipinski definition) is 1. The molecule has 0 aliphatic heterocycles. The minimum absolute atomic E-state index is 0.129. The van der Waals surface area contributed by atoms with Gasteiger partial charge in [-0.2, -0.15) is 0 Å². The molecule has 0 fully saturated rings. The molecular formula is C22H25Cl3N2O2S. The van der Waals surface area contributed by atoms with E-state index in [1.807, 2.05) is 38.1 Å². The maximum Gasteiger partial charge on any atom is 0.242 e. The van der Waals surface area contributed by atoms with Crippen LogP contribution in [0.25, 0.3) is 0 Å². The number of halogens is 3. The van der Waals surface area contributed by atoms with E-state index in [1.54, 1.807) is 23.1 Å². The van der Waals surface area contributed by atoms with E-state index in [2.05, 4.69) is 5.32 Å². The molecule has 4 nitrogen and oxygen atoms in total. The summed E-state index contributed by atoms with van der Waals surface area (Å²) >= 11 is 20.0. The van der Waals surface area contributed by atoms with Crippen LogP contribution in [0, 0.1) is 0 Å². The van der Waals surface area contributed by atoms with Gasteiger partial charge >= 0.3 is 0 Å². The number of carbonyl (C=O) groups excluding carboxylic acids is 2. The summed E-state index contributed by atoms with van der Waals surface area (Å²) in [6.07, 6.45) is 0.498. The van der Waals surface area contributed by atoms with Gasteiger partial charge in [-0.25, -0.2) is 0 Å². The maximum absolute atomic E-state index is 13.1. The van der Waals surface area contributed by atoms with Crippen molar-refractivity contribution in [3.63, 3.8) is 0 Å². The summed E-state index contributed by atoms with van der Waals surface area (Å²) in [4.78, 5) is 27.3. The molecule has 2 aromatic rings. The molecule has 0 aliphatic rings. The highest BCUT2D eigenvalue weighted by atomic mass is 35.5. The van der Waals surface area contributed by atoms with Crippen molar-refractivity contribution in [3.8, 4) is 0 Å². The predicted octanol–water partition coefficient (Wildman–Crippen LogP) is 5.82. The summed E-state index contributed by atoms with van der Waals surface area (Å²) in [5.41, 5.74) is 1.72. The fraction of sp³-hybridized carbons (Fsp3) is 0.364. The van der Waals surface area contributed by atoms with E-state index in [1.165, 1.54) is 11.8 Å². The number of thioether (sulfide) groups is 1. The normalized spacial score (nSPS) is 11.8. The van der Waals surface area contributed by atoms with Gasteiger partial charge in [-0.1, -0.05) is 66.0 Å². The van der Waals surface area contributed by atoms with Gasteiger partial charge in [0, 0.05) is 33.9 Å². The van der Waals surface area contributed by atoms with E-state index < -0.39 is 6.04 Å². The van der Waals surface area contributed by atoms with E-state index in [-0.39, 0.29) is 24.1 Å². The SMILES string of the molecule is CCNC(=O)C(CC)N(Cc1ccc(Cl)cc1Cl)C(=O)CSCc1ccccc1Cl. The van der Waals surface area contributed by atoms with Crippen LogP contribution in [0.1, 0.15) is 31.4 Å². The van der Waals surface area contributed by atoms with Crippen molar-refractivity contribution in [1.29, 1.82) is 0 Å². The third kappa shape index (κ3) is 7.09. The third-order valence-electron chi connectivity index (χ3n) is 4.53. The summed E-state index contributed by atoms with van der Waals surface area (Å²) in [6.45, 7) is 4.48. The molecule has 2 aromatic carbocycles. The molecule has 1 N–H and O–H groups in total. The van der Waals surface area contributed by atoms with Crippen LogP contribution in [0.2, 0.25) is 15.1 Å². The van der Waals surface area contributed by atoms with Crippen LogP contribution < -0.4 is 5.32 Å². The van der Waals surface area contributed by atoms with Crippen LogP contribution >= 0.6 is 46.6 Å². The zero-order valence-corrected chi connectivity index (χ0v) is 20.0. The van der Waals surface area contributed by atoms with Gasteiger partial charge < -0.3 is 10.2 Å². The molecule has 0 bridgehead atoms. The first-order chi connectivity index (χ1) is 14.4. The number of hydrogen-bond acceptors (Lipinski definition) is 3. The van der Waals surface area contributed by atoms with Gasteiger partial charge in [-0.05, 0) is 42.7 Å². The van der Waals surface area contributed by atoms with Gasteiger partial charge in [-0.3, -0.25) is 9.59 Å². The van der Waals surface area contributed by atoms with Gasteiger partial charge in [0.15, 0.2) is 0 Å². The smallest absolute Gasteiger partial charge is 0.242 e. The second-order valence-electron chi connectivity index (χ2n) is 6.66. The van der Waals surface area contributed by atoms with Crippen LogP contribution in [0.3, 0.4) is 0 Å². The summed E-state index contributed by atoms with van der Waals surface area (Å²) in [5.74, 6) is 0.538. The Morgan fingerprint density at radius 1 is 1.03 bits per heavy atom. The highest BCUT2D eigenvalue weighted by Crippen LogP contribution is 2.25. The van der Waals surface area contributed by atoms with Crippen LogP contribution in [-0.2, 0) is 21.9 Å². The fourth-order valence-corrected chi connectivity index (χ4v) is 4.66. The molecule has 0 radical (unpaired) electrons. The largest absolute Gasteiger partial charge is 0.355 e. The standard InChI is InChI=1S/C22H25Cl3N2O2S/c1-3-20(22(29)26-4-2)27(12-15-9-10-17(23)11-19(15)25)21(28)14-30-13-16-7-5-6-8-18(16)24/h5-11,20H,3-4,12-14H2,1-2H3,(H,26,29). The first-order valence-corrected chi connectivity index (χ1v) is 12.0. The molecule has 1 atom stereocenters. The lowest BCUT2D eigenvalue weighted by Gasteiger charge is -2.30. The van der Waals surface area contributed by atoms with Crippen molar-refractivity contribution >= 4 is 58.4 Å². The molecule has 0 spiro atoms. The lowest BCUT2D eigenvalue weighted by molar-refractivity contribution is -0.139. The Kier molecular flexibility index (Phi) is 10.3. The van der Waals surface area contributed by atoms with Crippen LogP contribution in [0.15, 0.2) is 42.5 Å². The van der Waals surface area contributed by atoms with Crippen LogP contribution in [0.5, 0.6) is 0 Å². The molecule has 0 aliphatic carbocycles. The van der Waals surface area contributed by atoms with Gasteiger partial charge in [-0.15, -0.1) is 11.8 Å². The molecule has 30 heavy (non-hydrogen) atoms. The molecule has 1 unspecified atom stereocenters. The Morgan fingerprint density at radius 2 is 1.77 bits per heavy atom. The van der Waals surface area contributed by atoms with Gasteiger partial charge in [0.2, 0.25) is 11.8 Å². The lowest BCUT2D eigenvalue weighted by atomic mass is 10.1. The van der Waals surface area contributed by atoms with Crippen molar-refractivity contribution in [2.24, 2.45) is 0 Å². The van der Waals surface area contributed by atoms with E-state index in [9.17, 15) is 9.59 Å². The third-order valence-corrected chi connectivity index (χ3v) is 6.46. The van der Waals surface area contributed by atoms with Crippen LogP contribution in [-0.4, -0.2) is 35.1 Å². The molecule has 2 rings (SSSR count). The van der Waals surface area contributed by atoms with E-state index in [4.69, 9.17) is 34.8 Å². The number of benzene rings is 2. The van der Waals surface area contributed by atoms with E-state index in [0.29, 0.717) is 33.8 Å². The number of amides is 2. The fourth-order valence-electron chi connectivity index (χ4n) is 2.99. The highest BCUT2D eigenvalue weighted by molar-refractivity contribution is 7.99. The average Bonchev–Trinajstić information content (AvgIpc) is 2.71. The number of carbonyl (C=O) groups is 2. The Balaban J connectivity index is 2.17. The molecule has 0 saturated heterocycles. The minimum atomic E-state index is -0.579. The van der Waals surface area contributed by atoms with Crippen molar-refractivity contribution < 1.29 is 9.59 Å². The molecule has 0 saturated carbocycles. The number of rotatable bonds is 10. The van der Waals surface area contributed by atoms with E-state index >= 15 is 0 Å². The number of likely N-dealkylation sites (N-methyl/N-ethyl adjacent to an activating group) is 1. The summed E-state index contributed by atoms with van der Waals surface area (Å²) in [5, 5.41) is 4.48. The number of nitrogens with zero attached hydrogens (tertiary/aromatic N) is 1. The summed E-state index contributed by atoms with van der Waals surface area (Å²) in [7, 11) is 0. The summed E-state index contributed by atoms with van der Waals surface area (Å²) < 4.78 is 0. The molecule has 0 aromatic heterocycles. The Bertz CT molecular complexity index is 879. The Morgan fingerprint density at radius 3 is 2.40 bits per heavy atom. The van der Waals surface area contributed by atoms with Crippen molar-refractivity contribution in [2.75, 3.05) is 12.3 Å². The van der Waals surface area contributed by atoms with Gasteiger partial charge in [0.25, 0.3) is 0 Å². The Hall–Kier alpha value is -1.40. The maximum atomic E-state index is 13.1. The Labute approximate surface area is 197 Å². The summed E-state index contributed by atoms with van der Waals surface area (Å²) in [6, 6.07) is 12.1. The van der Waals surface area contributed by atoms with Crippen LogP contribution in [0.4, 0.5) is 0 Å². The topological polar surface area (TPSA) is 49.4 Å². The second kappa shape index (κ2) is 12.5. The van der Waals surface area contributed by atoms with Crippen molar-refractivity contribution in [1.82, 2.24) is 10.2 Å². The molecule has 2 amide bonds. The van der Waals surface area contributed by atoms with Gasteiger partial charge in [0.1, 0.15) is 6.04 Å². The second-order valence-corrected chi connectivity index (χ2v) is 8.90. The first kappa shape index (κ1) is 24.9. The molecule has 8 heteroatoms. The van der Waals surface area contributed by atoms with E-state index in [0.717, 1.165) is 11.1 Å².